The number of aromatic nitrogens is 2. The molecule has 0 atom stereocenters. The predicted molar refractivity (Wildman–Crippen MR) is 109 cm³/mol. The molecule has 1 aromatic heterocycles. The van der Waals surface area contributed by atoms with Crippen LogP contribution in [0.3, 0.4) is 0 Å². The zero-order chi connectivity index (χ0) is 22.3. The van der Waals surface area contributed by atoms with Gasteiger partial charge < -0.3 is 4.90 Å². The highest BCUT2D eigenvalue weighted by atomic mass is 32.2. The van der Waals surface area contributed by atoms with Crippen LogP contribution in [0.4, 0.5) is 16.0 Å². The van der Waals surface area contributed by atoms with E-state index in [1.807, 2.05) is 0 Å². The van der Waals surface area contributed by atoms with Crippen LogP contribution in [0.5, 0.6) is 0 Å². The molecule has 0 unspecified atom stereocenters. The molecule has 2 aliphatic rings. The summed E-state index contributed by atoms with van der Waals surface area (Å²) >= 11 is 0. The summed E-state index contributed by atoms with van der Waals surface area (Å²) < 4.78 is 40.8. The average molecular weight is 449 g/mol. The van der Waals surface area contributed by atoms with Crippen LogP contribution in [0, 0.1) is 12.7 Å². The molecule has 10 nitrogen and oxygen atoms in total. The van der Waals surface area contributed by atoms with E-state index in [1.165, 1.54) is 35.5 Å². The van der Waals surface area contributed by atoms with Gasteiger partial charge in [0.2, 0.25) is 33.6 Å². The van der Waals surface area contributed by atoms with Gasteiger partial charge in [0.1, 0.15) is 0 Å². The Morgan fingerprint density at radius 3 is 2.10 bits per heavy atom. The summed E-state index contributed by atoms with van der Waals surface area (Å²) in [5.41, 5.74) is -0.547. The number of aromatic amines is 1. The quantitative estimate of drug-likeness (QED) is 0.670. The van der Waals surface area contributed by atoms with E-state index in [0.29, 0.717) is 5.69 Å². The lowest BCUT2D eigenvalue weighted by Crippen LogP contribution is -2.49. The Kier molecular flexibility index (Phi) is 5.35. The number of aryl methyl sites for hydroxylation is 1. The lowest BCUT2D eigenvalue weighted by Gasteiger charge is -2.34. The largest absolute Gasteiger partial charge is 0.340 e. The van der Waals surface area contributed by atoms with Crippen LogP contribution < -0.4 is 15.4 Å². The fourth-order valence-corrected chi connectivity index (χ4v) is 5.05. The van der Waals surface area contributed by atoms with Gasteiger partial charge in [0.05, 0.1) is 16.3 Å². The zero-order valence-corrected chi connectivity index (χ0v) is 17.5. The number of carbonyl (C=O) groups is 2. The molecule has 0 aliphatic carbocycles. The topological polar surface area (TPSA) is 124 Å². The molecule has 1 aromatic carbocycles. The van der Waals surface area contributed by atoms with Crippen LogP contribution in [0.1, 0.15) is 18.5 Å². The number of nitrogens with zero attached hydrogens (tertiary/aromatic N) is 4. The van der Waals surface area contributed by atoms with E-state index in [1.54, 1.807) is 4.90 Å². The number of amides is 2. The van der Waals surface area contributed by atoms with Crippen molar-refractivity contribution in [3.05, 3.63) is 46.1 Å². The maximum absolute atomic E-state index is 13.5. The number of halogens is 1. The van der Waals surface area contributed by atoms with Crippen molar-refractivity contribution in [3.8, 4) is 0 Å². The minimum atomic E-state index is -3.79. The van der Waals surface area contributed by atoms with Crippen molar-refractivity contribution < 1.29 is 22.4 Å². The minimum absolute atomic E-state index is 0.0242. The standard InChI is InChI=1S/C19H20FN5O5S/c1-12-17(20)18(28)22-19(21-12)23-8-10-24(11-9-23)31(29,30)14-4-2-13(3-5-14)25-15(26)6-7-16(25)27/h2-5H,6-11H2,1H3,(H,21,22,28). The van der Waals surface area contributed by atoms with E-state index in [2.05, 4.69) is 9.97 Å². The molecule has 2 fully saturated rings. The first-order chi connectivity index (χ1) is 14.7. The van der Waals surface area contributed by atoms with Gasteiger partial charge in [0.25, 0.3) is 5.56 Å². The maximum atomic E-state index is 13.5. The summed E-state index contributed by atoms with van der Waals surface area (Å²) in [6.45, 7) is 2.21. The van der Waals surface area contributed by atoms with Gasteiger partial charge in [0, 0.05) is 39.0 Å². The van der Waals surface area contributed by atoms with Crippen LogP contribution in [0.15, 0.2) is 34.0 Å². The molecule has 2 saturated heterocycles. The van der Waals surface area contributed by atoms with Gasteiger partial charge in [-0.2, -0.15) is 8.70 Å². The second-order valence-electron chi connectivity index (χ2n) is 7.30. The molecule has 164 valence electrons. The number of sulfonamides is 1. The summed E-state index contributed by atoms with van der Waals surface area (Å²) in [5.74, 6) is -1.35. The number of H-pyrrole nitrogens is 1. The first kappa shape index (κ1) is 21.1. The van der Waals surface area contributed by atoms with Crippen LogP contribution in [0.25, 0.3) is 0 Å². The number of hydrogen-bond acceptors (Lipinski definition) is 7. The Hall–Kier alpha value is -3.12. The molecule has 0 radical (unpaired) electrons. The van der Waals surface area contributed by atoms with Crippen molar-refractivity contribution in [2.75, 3.05) is 36.0 Å². The number of hydrogen-bond donors (Lipinski definition) is 1. The Morgan fingerprint density at radius 1 is 0.968 bits per heavy atom. The van der Waals surface area contributed by atoms with Crippen LogP contribution in [-0.2, 0) is 19.6 Å². The summed E-state index contributed by atoms with van der Waals surface area (Å²) in [4.78, 5) is 44.5. The van der Waals surface area contributed by atoms with Crippen molar-refractivity contribution in [2.45, 2.75) is 24.7 Å². The number of nitrogens with one attached hydrogen (secondary N) is 1. The van der Waals surface area contributed by atoms with Crippen molar-refractivity contribution in [2.24, 2.45) is 0 Å². The lowest BCUT2D eigenvalue weighted by molar-refractivity contribution is -0.121. The van der Waals surface area contributed by atoms with Crippen molar-refractivity contribution in [3.63, 3.8) is 0 Å². The monoisotopic (exact) mass is 449 g/mol. The van der Waals surface area contributed by atoms with Crippen molar-refractivity contribution in [1.82, 2.24) is 14.3 Å². The van der Waals surface area contributed by atoms with Gasteiger partial charge in [-0.25, -0.2) is 13.4 Å². The van der Waals surface area contributed by atoms with Crippen LogP contribution in [-0.4, -0.2) is 60.7 Å². The Morgan fingerprint density at radius 2 is 1.55 bits per heavy atom. The first-order valence-corrected chi connectivity index (χ1v) is 11.1. The third-order valence-electron chi connectivity index (χ3n) is 5.34. The fourth-order valence-electron chi connectivity index (χ4n) is 3.63. The summed E-state index contributed by atoms with van der Waals surface area (Å²) in [6.07, 6.45) is 0.299. The van der Waals surface area contributed by atoms with Gasteiger partial charge >= 0.3 is 0 Å². The van der Waals surface area contributed by atoms with E-state index in [4.69, 9.17) is 0 Å². The first-order valence-electron chi connectivity index (χ1n) is 9.66. The Labute approximate surface area is 177 Å². The van der Waals surface area contributed by atoms with Gasteiger partial charge in [0.15, 0.2) is 0 Å². The number of imide groups is 1. The highest BCUT2D eigenvalue weighted by Crippen LogP contribution is 2.26. The predicted octanol–water partition coefficient (Wildman–Crippen LogP) is 0.382. The second kappa shape index (κ2) is 7.85. The smallest absolute Gasteiger partial charge is 0.288 e. The van der Waals surface area contributed by atoms with Gasteiger partial charge in [-0.15, -0.1) is 0 Å². The molecule has 0 bridgehead atoms. The molecule has 3 heterocycles. The molecule has 31 heavy (non-hydrogen) atoms. The minimum Gasteiger partial charge on any atom is -0.340 e. The van der Waals surface area contributed by atoms with Gasteiger partial charge in [-0.05, 0) is 31.2 Å². The molecule has 4 rings (SSSR count). The number of piperazine rings is 1. The van der Waals surface area contributed by atoms with E-state index >= 15 is 0 Å². The van der Waals surface area contributed by atoms with E-state index < -0.39 is 21.4 Å². The summed E-state index contributed by atoms with van der Waals surface area (Å²) in [7, 11) is -3.79. The average Bonchev–Trinajstić information content (AvgIpc) is 3.10. The Balaban J connectivity index is 1.47. The molecule has 2 amide bonds. The summed E-state index contributed by atoms with van der Waals surface area (Å²) in [5, 5.41) is 0. The third-order valence-corrected chi connectivity index (χ3v) is 7.25. The number of rotatable bonds is 4. The number of carbonyl (C=O) groups excluding carboxylic acids is 2. The third kappa shape index (κ3) is 3.83. The normalized spacial score (nSPS) is 18.1. The molecule has 0 saturated carbocycles. The molecular formula is C19H20FN5O5S. The highest BCUT2D eigenvalue weighted by molar-refractivity contribution is 7.89. The van der Waals surface area contributed by atoms with Gasteiger partial charge in [-0.1, -0.05) is 0 Å². The molecule has 1 N–H and O–H groups in total. The maximum Gasteiger partial charge on any atom is 0.288 e. The van der Waals surface area contributed by atoms with E-state index in [0.717, 1.165) is 4.90 Å². The van der Waals surface area contributed by atoms with E-state index in [9.17, 15) is 27.2 Å². The molecule has 2 aromatic rings. The van der Waals surface area contributed by atoms with Crippen LogP contribution >= 0.6 is 0 Å². The molecule has 12 heteroatoms. The number of benzene rings is 1. The fraction of sp³-hybridized carbons (Fsp3) is 0.368. The molecule has 0 spiro atoms. The molecule has 2 aliphatic heterocycles. The second-order valence-corrected chi connectivity index (χ2v) is 9.23. The SMILES string of the molecule is Cc1nc(N2CCN(S(=O)(=O)c3ccc(N4C(=O)CCC4=O)cc3)CC2)[nH]c(=O)c1F. The van der Waals surface area contributed by atoms with Gasteiger partial charge in [-0.3, -0.25) is 24.3 Å². The van der Waals surface area contributed by atoms with Crippen LogP contribution in [0.2, 0.25) is 0 Å². The van der Waals surface area contributed by atoms with Crippen molar-refractivity contribution >= 4 is 33.5 Å². The lowest BCUT2D eigenvalue weighted by atomic mass is 10.3. The van der Waals surface area contributed by atoms with Crippen molar-refractivity contribution in [1.29, 1.82) is 0 Å². The zero-order valence-electron chi connectivity index (χ0n) is 16.7. The van der Waals surface area contributed by atoms with E-state index in [-0.39, 0.29) is 67.4 Å². The Bertz CT molecular complexity index is 1190. The highest BCUT2D eigenvalue weighted by Gasteiger charge is 2.32. The number of anilines is 2. The summed E-state index contributed by atoms with van der Waals surface area (Å²) in [6, 6.07) is 5.64. The molecular weight excluding hydrogens is 429 g/mol.